The quantitative estimate of drug-likeness (QED) is 0.787. The molecule has 3 heteroatoms. The van der Waals surface area contributed by atoms with E-state index < -0.39 is 0 Å². The van der Waals surface area contributed by atoms with Crippen LogP contribution < -0.4 is 10.6 Å². The second kappa shape index (κ2) is 5.85. The number of nitrogens with one attached hydrogen (secondary N) is 2. The molecule has 1 aromatic rings. The van der Waals surface area contributed by atoms with Crippen LogP contribution in [0.3, 0.4) is 0 Å². The van der Waals surface area contributed by atoms with Crippen molar-refractivity contribution in [1.29, 1.82) is 0 Å². The van der Waals surface area contributed by atoms with Gasteiger partial charge in [-0.05, 0) is 51.0 Å². The minimum atomic E-state index is 0.408. The fourth-order valence-corrected chi connectivity index (χ4v) is 1.75. The maximum atomic E-state index is 5.25. The van der Waals surface area contributed by atoms with Gasteiger partial charge in [-0.25, -0.2) is 0 Å². The Hall–Kier alpha value is -1.09. The third kappa shape index (κ3) is 3.81. The Morgan fingerprint density at radius 1 is 1.38 bits per heavy atom. The number of aryl methyl sites for hydroxylation is 2. The van der Waals surface area contributed by atoms with Crippen molar-refractivity contribution in [3.8, 4) is 0 Å². The summed E-state index contributed by atoms with van der Waals surface area (Å²) < 4.78 is 0. The number of benzene rings is 1. The van der Waals surface area contributed by atoms with Crippen molar-refractivity contribution < 1.29 is 0 Å². The van der Waals surface area contributed by atoms with Crippen molar-refractivity contribution >= 4 is 23.0 Å². The Labute approximate surface area is 103 Å². The Balaban J connectivity index is 2.63. The molecule has 0 heterocycles. The Morgan fingerprint density at radius 3 is 2.62 bits per heavy atom. The monoisotopic (exact) mass is 236 g/mol. The molecule has 0 bridgehead atoms. The first kappa shape index (κ1) is 13.0. The van der Waals surface area contributed by atoms with Gasteiger partial charge in [-0.1, -0.05) is 24.6 Å². The van der Waals surface area contributed by atoms with E-state index in [2.05, 4.69) is 56.5 Å². The highest BCUT2D eigenvalue weighted by molar-refractivity contribution is 7.80. The number of thiocarbonyl (C=S) groups is 1. The van der Waals surface area contributed by atoms with Gasteiger partial charge in [0.05, 0.1) is 0 Å². The topological polar surface area (TPSA) is 24.1 Å². The zero-order chi connectivity index (χ0) is 12.1. The van der Waals surface area contributed by atoms with E-state index in [0.717, 1.165) is 12.1 Å². The van der Waals surface area contributed by atoms with Gasteiger partial charge >= 0.3 is 0 Å². The summed E-state index contributed by atoms with van der Waals surface area (Å²) in [6, 6.07) is 6.70. The molecule has 0 aliphatic carbocycles. The van der Waals surface area contributed by atoms with Gasteiger partial charge in [0.25, 0.3) is 0 Å². The van der Waals surface area contributed by atoms with E-state index in [1.54, 1.807) is 0 Å². The van der Waals surface area contributed by atoms with Gasteiger partial charge in [0.1, 0.15) is 0 Å². The first-order valence-corrected chi connectivity index (χ1v) is 6.08. The lowest BCUT2D eigenvalue weighted by Gasteiger charge is -2.16. The standard InChI is InChI=1S/C13H20N2S/c1-5-11(4)14-13(16)15-12-7-6-9(2)8-10(12)3/h6-8,11H,5H2,1-4H3,(H2,14,15,16). The normalized spacial score (nSPS) is 12.0. The van der Waals surface area contributed by atoms with Crippen LogP contribution in [-0.4, -0.2) is 11.2 Å². The average molecular weight is 236 g/mol. The van der Waals surface area contributed by atoms with Gasteiger partial charge in [-0.3, -0.25) is 0 Å². The van der Waals surface area contributed by atoms with Crippen molar-refractivity contribution in [3.05, 3.63) is 29.3 Å². The second-order valence-corrected chi connectivity index (χ2v) is 4.63. The van der Waals surface area contributed by atoms with Crippen LogP contribution in [-0.2, 0) is 0 Å². The maximum Gasteiger partial charge on any atom is 0.170 e. The summed E-state index contributed by atoms with van der Waals surface area (Å²) >= 11 is 5.25. The summed E-state index contributed by atoms with van der Waals surface area (Å²) in [5.41, 5.74) is 3.56. The molecule has 2 nitrogen and oxygen atoms in total. The van der Waals surface area contributed by atoms with Gasteiger partial charge in [0, 0.05) is 11.7 Å². The molecule has 1 rings (SSSR count). The average Bonchev–Trinajstić information content (AvgIpc) is 2.22. The zero-order valence-electron chi connectivity index (χ0n) is 10.4. The van der Waals surface area contributed by atoms with Crippen molar-refractivity contribution in [3.63, 3.8) is 0 Å². The lowest BCUT2D eigenvalue weighted by atomic mass is 10.1. The van der Waals surface area contributed by atoms with Crippen LogP contribution in [0.1, 0.15) is 31.4 Å². The molecular weight excluding hydrogens is 216 g/mol. The summed E-state index contributed by atoms with van der Waals surface area (Å²) in [6.45, 7) is 8.43. The van der Waals surface area contributed by atoms with E-state index in [0.29, 0.717) is 11.2 Å². The molecular formula is C13H20N2S. The molecule has 1 atom stereocenters. The summed E-state index contributed by atoms with van der Waals surface area (Å²) in [5, 5.41) is 7.16. The van der Waals surface area contributed by atoms with Crippen LogP contribution >= 0.6 is 12.2 Å². The molecule has 1 unspecified atom stereocenters. The molecule has 16 heavy (non-hydrogen) atoms. The Morgan fingerprint density at radius 2 is 2.06 bits per heavy atom. The van der Waals surface area contributed by atoms with E-state index in [-0.39, 0.29) is 0 Å². The fourth-order valence-electron chi connectivity index (χ4n) is 1.44. The highest BCUT2D eigenvalue weighted by Gasteiger charge is 2.03. The summed E-state index contributed by atoms with van der Waals surface area (Å²) in [6.07, 6.45) is 1.06. The van der Waals surface area contributed by atoms with Crippen LogP contribution in [0.4, 0.5) is 5.69 Å². The summed E-state index contributed by atoms with van der Waals surface area (Å²) in [7, 11) is 0. The number of hydrogen-bond acceptors (Lipinski definition) is 1. The highest BCUT2D eigenvalue weighted by Crippen LogP contribution is 2.15. The second-order valence-electron chi connectivity index (χ2n) is 4.23. The molecule has 88 valence electrons. The molecule has 0 spiro atoms. The van der Waals surface area contributed by atoms with Crippen molar-refractivity contribution in [1.82, 2.24) is 5.32 Å². The van der Waals surface area contributed by atoms with E-state index in [4.69, 9.17) is 12.2 Å². The first-order chi connectivity index (χ1) is 7.52. The molecule has 0 aliphatic rings. The molecule has 0 saturated carbocycles. The van der Waals surface area contributed by atoms with E-state index >= 15 is 0 Å². The lowest BCUT2D eigenvalue weighted by molar-refractivity contribution is 0.646. The molecule has 0 radical (unpaired) electrons. The lowest BCUT2D eigenvalue weighted by Crippen LogP contribution is -2.35. The molecule has 0 amide bonds. The molecule has 0 fully saturated rings. The van der Waals surface area contributed by atoms with Crippen molar-refractivity contribution in [2.24, 2.45) is 0 Å². The summed E-state index contributed by atoms with van der Waals surface area (Å²) in [4.78, 5) is 0. The number of hydrogen-bond donors (Lipinski definition) is 2. The van der Waals surface area contributed by atoms with Crippen molar-refractivity contribution in [2.75, 3.05) is 5.32 Å². The maximum absolute atomic E-state index is 5.25. The molecule has 0 aliphatic heterocycles. The van der Waals surface area contributed by atoms with E-state index in [9.17, 15) is 0 Å². The van der Waals surface area contributed by atoms with Gasteiger partial charge in [0.15, 0.2) is 5.11 Å². The van der Waals surface area contributed by atoms with Crippen LogP contribution in [0.25, 0.3) is 0 Å². The largest absolute Gasteiger partial charge is 0.360 e. The van der Waals surface area contributed by atoms with Crippen molar-refractivity contribution in [2.45, 2.75) is 40.2 Å². The van der Waals surface area contributed by atoms with Gasteiger partial charge in [0.2, 0.25) is 0 Å². The fraction of sp³-hybridized carbons (Fsp3) is 0.462. The van der Waals surface area contributed by atoms with Gasteiger partial charge < -0.3 is 10.6 Å². The van der Waals surface area contributed by atoms with Gasteiger partial charge in [-0.2, -0.15) is 0 Å². The number of anilines is 1. The summed E-state index contributed by atoms with van der Waals surface area (Å²) in [5.74, 6) is 0. The third-order valence-corrected chi connectivity index (χ3v) is 2.84. The van der Waals surface area contributed by atoms with Crippen LogP contribution in [0, 0.1) is 13.8 Å². The zero-order valence-corrected chi connectivity index (χ0v) is 11.2. The van der Waals surface area contributed by atoms with Gasteiger partial charge in [-0.15, -0.1) is 0 Å². The third-order valence-electron chi connectivity index (χ3n) is 2.62. The minimum Gasteiger partial charge on any atom is -0.360 e. The highest BCUT2D eigenvalue weighted by atomic mass is 32.1. The smallest absolute Gasteiger partial charge is 0.170 e. The van der Waals surface area contributed by atoms with Crippen LogP contribution in [0.2, 0.25) is 0 Å². The predicted molar refractivity (Wildman–Crippen MR) is 75.0 cm³/mol. The van der Waals surface area contributed by atoms with Crippen LogP contribution in [0.15, 0.2) is 18.2 Å². The predicted octanol–water partition coefficient (Wildman–Crippen LogP) is 3.39. The van der Waals surface area contributed by atoms with E-state index in [1.807, 2.05) is 0 Å². The first-order valence-electron chi connectivity index (χ1n) is 5.67. The molecule has 2 N–H and O–H groups in total. The van der Waals surface area contributed by atoms with Crippen LogP contribution in [0.5, 0.6) is 0 Å². The SMILES string of the molecule is CCC(C)NC(=S)Nc1ccc(C)cc1C. The van der Waals surface area contributed by atoms with E-state index in [1.165, 1.54) is 11.1 Å². The molecule has 1 aromatic carbocycles. The number of rotatable bonds is 3. The Kier molecular flexibility index (Phi) is 4.74. The minimum absolute atomic E-state index is 0.408. The Bertz CT molecular complexity index is 374. The molecule has 0 aromatic heterocycles. The molecule has 0 saturated heterocycles.